The monoisotopic (exact) mass is 278 g/mol. The highest BCUT2D eigenvalue weighted by molar-refractivity contribution is 7.90. The molecule has 0 bridgehead atoms. The van der Waals surface area contributed by atoms with Gasteiger partial charge in [-0.1, -0.05) is 17.7 Å². The second-order valence-electron chi connectivity index (χ2n) is 3.38. The first-order valence-corrected chi connectivity index (χ1v) is 6.85. The predicted octanol–water partition coefficient (Wildman–Crippen LogP) is 1.59. The summed E-state index contributed by atoms with van der Waals surface area (Å²) < 4.78 is 17.1. The van der Waals surface area contributed by atoms with Crippen molar-refractivity contribution < 1.29 is 9.24 Å². The highest BCUT2D eigenvalue weighted by Gasteiger charge is 2.13. The van der Waals surface area contributed by atoms with Gasteiger partial charge in [0.2, 0.25) is 5.03 Å². The van der Waals surface area contributed by atoms with Crippen LogP contribution in [0.4, 0.5) is 0 Å². The summed E-state index contributed by atoms with van der Waals surface area (Å²) in [6.07, 6.45) is 2.66. The maximum absolute atomic E-state index is 11.7. The van der Waals surface area contributed by atoms with Crippen molar-refractivity contribution in [2.45, 2.75) is 13.0 Å². The van der Waals surface area contributed by atoms with Gasteiger partial charge in [0.25, 0.3) is 0 Å². The molecule has 0 aliphatic rings. The minimum Gasteiger partial charge on any atom is -0.244 e. The molecule has 0 aromatic carbocycles. The van der Waals surface area contributed by atoms with E-state index in [0.717, 1.165) is 6.26 Å². The molecule has 0 radical (unpaired) electrons. The van der Waals surface area contributed by atoms with E-state index < -0.39 is 14.9 Å². The van der Waals surface area contributed by atoms with Crippen molar-refractivity contribution in [1.82, 2.24) is 9.71 Å². The van der Waals surface area contributed by atoms with Gasteiger partial charge in [-0.3, -0.25) is 0 Å². The topological polar surface area (TPSA) is 97.5 Å². The summed E-state index contributed by atoms with van der Waals surface area (Å²) in [5, 5.41) is 9.54. The van der Waals surface area contributed by atoms with Gasteiger partial charge in [-0.15, -0.1) is 0 Å². The summed E-state index contributed by atoms with van der Waals surface area (Å²) in [6, 6.07) is 2.88. The zero-order chi connectivity index (χ0) is 13.1. The molecule has 0 saturated heterocycles. The lowest BCUT2D eigenvalue weighted by atomic mass is 10.2. The van der Waals surface area contributed by atoms with Crippen molar-refractivity contribution >= 4 is 21.5 Å². The van der Waals surface area contributed by atoms with E-state index >= 15 is 0 Å². The summed E-state index contributed by atoms with van der Waals surface area (Å²) >= 11 is 5.62. The molecule has 2 unspecified atom stereocenters. The van der Waals surface area contributed by atoms with Crippen LogP contribution in [0.25, 0.3) is 0 Å². The lowest BCUT2D eigenvalue weighted by molar-refractivity contribution is -0.482. The average molecular weight is 279 g/mol. The van der Waals surface area contributed by atoms with Crippen LogP contribution in [-0.2, 0) is 9.92 Å². The summed E-state index contributed by atoms with van der Waals surface area (Å²) in [5.41, 5.74) is 0.711. The molecule has 7 nitrogen and oxygen atoms in total. The van der Waals surface area contributed by atoms with Crippen LogP contribution in [0.1, 0.15) is 18.5 Å². The Morgan fingerprint density at radius 2 is 2.29 bits per heavy atom. The van der Waals surface area contributed by atoms with Gasteiger partial charge < -0.3 is 0 Å². The molecular formula is C8H11ClN4O3S. The van der Waals surface area contributed by atoms with E-state index in [1.165, 1.54) is 6.20 Å². The lowest BCUT2D eigenvalue weighted by Gasteiger charge is -2.12. The molecule has 1 N–H and O–H groups in total. The maximum atomic E-state index is 11.7. The molecule has 0 fully saturated rings. The van der Waals surface area contributed by atoms with Crippen molar-refractivity contribution in [2.24, 2.45) is 4.47 Å². The summed E-state index contributed by atoms with van der Waals surface area (Å²) in [5.74, 6) is 0. The van der Waals surface area contributed by atoms with Crippen molar-refractivity contribution in [3.8, 4) is 0 Å². The van der Waals surface area contributed by atoms with E-state index in [4.69, 9.17) is 11.6 Å². The number of rotatable bonds is 4. The molecule has 9 heteroatoms. The third-order valence-electron chi connectivity index (χ3n) is 1.87. The third-order valence-corrected chi connectivity index (χ3v) is 3.33. The molecular weight excluding hydrogens is 268 g/mol. The van der Waals surface area contributed by atoms with Crippen LogP contribution in [0, 0.1) is 10.1 Å². The van der Waals surface area contributed by atoms with Gasteiger partial charge in [0, 0.05) is 18.5 Å². The third kappa shape index (κ3) is 4.63. The van der Waals surface area contributed by atoms with Gasteiger partial charge >= 0.3 is 0 Å². The Morgan fingerprint density at radius 1 is 1.65 bits per heavy atom. The van der Waals surface area contributed by atoms with Crippen LogP contribution in [0.2, 0.25) is 5.15 Å². The van der Waals surface area contributed by atoms with E-state index in [0.29, 0.717) is 10.7 Å². The van der Waals surface area contributed by atoms with Crippen LogP contribution in [0.5, 0.6) is 0 Å². The predicted molar refractivity (Wildman–Crippen MR) is 64.3 cm³/mol. The van der Waals surface area contributed by atoms with Gasteiger partial charge in [-0.05, 0) is 18.6 Å². The maximum Gasteiger partial charge on any atom is 0.201 e. The Bertz CT molecular complexity index is 524. The fourth-order valence-electron chi connectivity index (χ4n) is 1.19. The molecule has 2 atom stereocenters. The molecule has 1 aromatic heterocycles. The first kappa shape index (κ1) is 13.8. The highest BCUT2D eigenvalue weighted by atomic mass is 35.5. The van der Waals surface area contributed by atoms with E-state index in [1.807, 2.05) is 0 Å². The van der Waals surface area contributed by atoms with Crippen LogP contribution >= 0.6 is 11.6 Å². The number of pyridine rings is 1. The van der Waals surface area contributed by atoms with E-state index in [9.17, 15) is 14.3 Å². The zero-order valence-electron chi connectivity index (χ0n) is 9.16. The highest BCUT2D eigenvalue weighted by Crippen LogP contribution is 2.14. The second kappa shape index (κ2) is 5.39. The first-order valence-electron chi connectivity index (χ1n) is 4.55. The molecule has 94 valence electrons. The number of hydrogen-bond acceptors (Lipinski definition) is 4. The Balaban J connectivity index is 2.86. The summed E-state index contributed by atoms with van der Waals surface area (Å²) in [6.45, 7) is 1.70. The van der Waals surface area contributed by atoms with E-state index in [1.54, 1.807) is 19.1 Å². The lowest BCUT2D eigenvalue weighted by Crippen LogP contribution is -2.26. The minimum absolute atomic E-state index is 0.341. The zero-order valence-corrected chi connectivity index (χ0v) is 10.7. The van der Waals surface area contributed by atoms with Gasteiger partial charge in [0.05, 0.1) is 0 Å². The molecule has 17 heavy (non-hydrogen) atoms. The standard InChI is InChI=1S/C8H11ClN4O3S/c1-6(7-3-4-8(9)10-5-7)11-17(2,16)12-13(14)15/h3-6H,1-2H3,(H,11,12,16). The van der Waals surface area contributed by atoms with Gasteiger partial charge in [0.15, 0.2) is 9.92 Å². The molecule has 1 aromatic rings. The molecule has 1 heterocycles. The molecule has 0 amide bonds. The van der Waals surface area contributed by atoms with Crippen LogP contribution < -0.4 is 4.72 Å². The Hall–Kier alpha value is -1.25. The van der Waals surface area contributed by atoms with Crippen molar-refractivity contribution in [3.05, 3.63) is 39.2 Å². The Labute approximate surface area is 104 Å². The van der Waals surface area contributed by atoms with Gasteiger partial charge in [-0.2, -0.15) is 0 Å². The molecule has 1 rings (SSSR count). The molecule has 0 aliphatic heterocycles. The van der Waals surface area contributed by atoms with Crippen LogP contribution in [0.3, 0.4) is 0 Å². The molecule has 0 saturated carbocycles. The number of halogens is 1. The summed E-state index contributed by atoms with van der Waals surface area (Å²) in [4.78, 5) is 14.0. The fourth-order valence-corrected chi connectivity index (χ4v) is 2.40. The smallest absolute Gasteiger partial charge is 0.201 e. The minimum atomic E-state index is -3.07. The fraction of sp³-hybridized carbons (Fsp3) is 0.375. The number of aromatic nitrogens is 1. The number of hydrogen-bond donors (Lipinski definition) is 1. The second-order valence-corrected chi connectivity index (χ2v) is 5.77. The van der Waals surface area contributed by atoms with Crippen molar-refractivity contribution in [1.29, 1.82) is 0 Å². The SMILES string of the molecule is CC(NS(C)(=O)=N[N+](=O)[O-])c1ccc(Cl)nc1. The molecule has 0 spiro atoms. The first-order chi connectivity index (χ1) is 7.80. The van der Waals surface area contributed by atoms with Crippen molar-refractivity contribution in [2.75, 3.05) is 6.26 Å². The summed E-state index contributed by atoms with van der Waals surface area (Å²) in [7, 11) is -3.07. The number of nitro groups is 1. The van der Waals surface area contributed by atoms with Gasteiger partial charge in [-0.25, -0.2) is 24.0 Å². The van der Waals surface area contributed by atoms with Crippen LogP contribution in [-0.4, -0.2) is 20.5 Å². The largest absolute Gasteiger partial charge is 0.244 e. The Morgan fingerprint density at radius 3 is 2.76 bits per heavy atom. The average Bonchev–Trinajstić information content (AvgIpc) is 2.15. The number of nitrogens with one attached hydrogen (secondary N) is 1. The van der Waals surface area contributed by atoms with Gasteiger partial charge in [0.1, 0.15) is 9.62 Å². The van der Waals surface area contributed by atoms with E-state index in [2.05, 4.69) is 14.2 Å². The molecule has 0 aliphatic carbocycles. The Kier molecular flexibility index (Phi) is 4.38. The normalized spacial score (nSPS) is 15.9. The number of nitrogens with zero attached hydrogens (tertiary/aromatic N) is 3. The van der Waals surface area contributed by atoms with E-state index in [-0.39, 0.29) is 6.04 Å². The quantitative estimate of drug-likeness (QED) is 0.514. The van der Waals surface area contributed by atoms with Crippen molar-refractivity contribution in [3.63, 3.8) is 0 Å². The van der Waals surface area contributed by atoms with Crippen LogP contribution in [0.15, 0.2) is 22.8 Å².